The smallest absolute Gasteiger partial charge is 0.204 e. The molecule has 1 atom stereocenters. The maximum absolute atomic E-state index is 5.37. The third-order valence-electron chi connectivity index (χ3n) is 10.5. The second-order valence-electron chi connectivity index (χ2n) is 13.5. The standard InChI is InChI=1S/C47H31N5/c1-3-14-31(15-4-1)45-48-46(33-24-23-30-13-7-8-16-32(30)29-33)50-47(49-45)52-40-21-11-9-19-35(40)37-26-25-36-38(44(37)52)27-28-42-43(36)39-20-10-12-22-41(39)51(42)34-17-5-2-6-18-34/h1-29,47H,(H,48,49,50). The van der Waals surface area contributed by atoms with Crippen molar-refractivity contribution >= 4 is 76.8 Å². The summed E-state index contributed by atoms with van der Waals surface area (Å²) in [6.07, 6.45) is -0.455. The van der Waals surface area contributed by atoms with Crippen molar-refractivity contribution in [1.82, 2.24) is 14.5 Å². The average Bonchev–Trinajstić information content (AvgIpc) is 3.75. The molecule has 1 aliphatic rings. The Kier molecular flexibility index (Phi) is 6.25. The van der Waals surface area contributed by atoms with Crippen LogP contribution in [0, 0.1) is 0 Å². The van der Waals surface area contributed by atoms with Gasteiger partial charge in [-0.05, 0) is 52.6 Å². The van der Waals surface area contributed by atoms with E-state index in [0.29, 0.717) is 5.84 Å². The van der Waals surface area contributed by atoms with Gasteiger partial charge in [-0.2, -0.15) is 0 Å². The number of nitrogens with zero attached hydrogens (tertiary/aromatic N) is 4. The van der Waals surface area contributed by atoms with Crippen LogP contribution in [0.4, 0.5) is 0 Å². The molecule has 0 bridgehead atoms. The molecule has 0 aliphatic carbocycles. The van der Waals surface area contributed by atoms with Crippen LogP contribution >= 0.6 is 0 Å². The summed E-state index contributed by atoms with van der Waals surface area (Å²) >= 11 is 0. The fourth-order valence-electron chi connectivity index (χ4n) is 8.25. The largest absolute Gasteiger partial charge is 0.331 e. The number of aliphatic imine (C=N–C) groups is 2. The van der Waals surface area contributed by atoms with Gasteiger partial charge in [0.15, 0.2) is 5.84 Å². The first-order valence-corrected chi connectivity index (χ1v) is 17.7. The molecular formula is C47H31N5. The van der Waals surface area contributed by atoms with E-state index < -0.39 is 6.29 Å². The van der Waals surface area contributed by atoms with Crippen LogP contribution < -0.4 is 5.32 Å². The highest BCUT2D eigenvalue weighted by molar-refractivity contribution is 6.27. The zero-order chi connectivity index (χ0) is 34.2. The van der Waals surface area contributed by atoms with Gasteiger partial charge in [-0.25, -0.2) is 9.98 Å². The molecule has 5 heteroatoms. The van der Waals surface area contributed by atoms with E-state index in [1.165, 1.54) is 54.1 Å². The third-order valence-corrected chi connectivity index (χ3v) is 10.5. The maximum atomic E-state index is 5.37. The Balaban J connectivity index is 1.20. The summed E-state index contributed by atoms with van der Waals surface area (Å²) in [6, 6.07) is 62.6. The van der Waals surface area contributed by atoms with Gasteiger partial charge in [0.2, 0.25) is 6.29 Å². The van der Waals surface area contributed by atoms with Crippen LogP contribution in [0.25, 0.3) is 70.8 Å². The van der Waals surface area contributed by atoms with Gasteiger partial charge in [0.1, 0.15) is 5.84 Å². The van der Waals surface area contributed by atoms with Gasteiger partial charge >= 0.3 is 0 Å². The summed E-state index contributed by atoms with van der Waals surface area (Å²) < 4.78 is 4.77. The minimum Gasteiger partial charge on any atom is -0.331 e. The molecule has 8 aromatic carbocycles. The quantitative estimate of drug-likeness (QED) is 0.200. The molecule has 10 aromatic rings. The molecule has 0 radical (unpaired) electrons. The Morgan fingerprint density at radius 1 is 0.462 bits per heavy atom. The molecule has 244 valence electrons. The van der Waals surface area contributed by atoms with E-state index in [2.05, 4.69) is 172 Å². The van der Waals surface area contributed by atoms with E-state index in [-0.39, 0.29) is 0 Å². The molecule has 1 N–H and O–H groups in total. The fourth-order valence-corrected chi connectivity index (χ4v) is 8.25. The minimum absolute atomic E-state index is 0.455. The molecule has 0 amide bonds. The second-order valence-corrected chi connectivity index (χ2v) is 13.5. The molecule has 0 fully saturated rings. The van der Waals surface area contributed by atoms with Crippen LogP contribution in [-0.4, -0.2) is 20.8 Å². The van der Waals surface area contributed by atoms with Gasteiger partial charge in [-0.3, -0.25) is 0 Å². The first-order chi connectivity index (χ1) is 25.8. The summed E-state index contributed by atoms with van der Waals surface area (Å²) in [6.45, 7) is 0. The summed E-state index contributed by atoms with van der Waals surface area (Å²) in [5.74, 6) is 1.50. The monoisotopic (exact) mass is 665 g/mol. The number of rotatable bonds is 4. The highest BCUT2D eigenvalue weighted by Gasteiger charge is 2.26. The predicted octanol–water partition coefficient (Wildman–Crippen LogP) is 11.2. The SMILES string of the molecule is c1ccc(C2=NC(n3c4ccccc4c4ccc5c(ccc6c5c5ccccc5n6-c5ccccc5)c43)NC(c3ccc4ccccc4c3)=N2)cc1. The van der Waals surface area contributed by atoms with E-state index in [9.17, 15) is 0 Å². The van der Waals surface area contributed by atoms with Crippen molar-refractivity contribution < 1.29 is 0 Å². The zero-order valence-electron chi connectivity index (χ0n) is 28.1. The Labute approximate surface area is 299 Å². The lowest BCUT2D eigenvalue weighted by Crippen LogP contribution is -2.36. The van der Waals surface area contributed by atoms with Gasteiger partial charge in [0.05, 0.1) is 22.1 Å². The number of benzene rings is 8. The van der Waals surface area contributed by atoms with Crippen LogP contribution in [-0.2, 0) is 0 Å². The van der Waals surface area contributed by atoms with Crippen molar-refractivity contribution in [3.63, 3.8) is 0 Å². The molecule has 0 saturated heterocycles. The molecular weight excluding hydrogens is 635 g/mol. The lowest BCUT2D eigenvalue weighted by atomic mass is 10.0. The van der Waals surface area contributed by atoms with E-state index in [1.54, 1.807) is 0 Å². The molecule has 0 saturated carbocycles. The van der Waals surface area contributed by atoms with Crippen LogP contribution in [0.3, 0.4) is 0 Å². The number of hydrogen-bond donors (Lipinski definition) is 1. The van der Waals surface area contributed by atoms with Crippen molar-refractivity contribution in [3.8, 4) is 5.69 Å². The van der Waals surface area contributed by atoms with E-state index in [0.717, 1.165) is 33.7 Å². The van der Waals surface area contributed by atoms with Crippen LogP contribution in [0.5, 0.6) is 0 Å². The first kappa shape index (κ1) is 28.8. The van der Waals surface area contributed by atoms with Crippen molar-refractivity contribution in [2.45, 2.75) is 6.29 Å². The summed E-state index contributed by atoms with van der Waals surface area (Å²) in [7, 11) is 0. The van der Waals surface area contributed by atoms with Crippen LogP contribution in [0.2, 0.25) is 0 Å². The molecule has 52 heavy (non-hydrogen) atoms. The zero-order valence-corrected chi connectivity index (χ0v) is 28.1. The Bertz CT molecular complexity index is 3090. The third kappa shape index (κ3) is 4.29. The highest BCUT2D eigenvalue weighted by atomic mass is 15.3. The molecule has 1 unspecified atom stereocenters. The number of aromatic nitrogens is 2. The Morgan fingerprint density at radius 3 is 1.96 bits per heavy atom. The number of nitrogens with one attached hydrogen (secondary N) is 1. The normalized spacial score (nSPS) is 14.7. The van der Waals surface area contributed by atoms with Crippen LogP contribution in [0.1, 0.15) is 17.4 Å². The molecule has 2 aromatic heterocycles. The Hall–Kier alpha value is -6.98. The minimum atomic E-state index is -0.455. The lowest BCUT2D eigenvalue weighted by Gasteiger charge is -2.26. The molecule has 11 rings (SSSR count). The van der Waals surface area contributed by atoms with Crippen molar-refractivity contribution in [2.24, 2.45) is 9.98 Å². The highest BCUT2D eigenvalue weighted by Crippen LogP contribution is 2.42. The summed E-state index contributed by atoms with van der Waals surface area (Å²) in [4.78, 5) is 10.5. The molecule has 5 nitrogen and oxygen atoms in total. The van der Waals surface area contributed by atoms with Gasteiger partial charge in [-0.1, -0.05) is 140 Å². The number of hydrogen-bond acceptors (Lipinski definition) is 3. The van der Waals surface area contributed by atoms with E-state index in [4.69, 9.17) is 9.98 Å². The predicted molar refractivity (Wildman–Crippen MR) is 217 cm³/mol. The maximum Gasteiger partial charge on any atom is 0.204 e. The van der Waals surface area contributed by atoms with Crippen molar-refractivity contribution in [2.75, 3.05) is 0 Å². The number of para-hydroxylation sites is 3. The molecule has 1 aliphatic heterocycles. The Morgan fingerprint density at radius 2 is 1.12 bits per heavy atom. The van der Waals surface area contributed by atoms with Crippen molar-refractivity contribution in [1.29, 1.82) is 0 Å². The van der Waals surface area contributed by atoms with Crippen molar-refractivity contribution in [3.05, 3.63) is 187 Å². The fraction of sp³-hybridized carbons (Fsp3) is 0.0213. The average molecular weight is 666 g/mol. The van der Waals surface area contributed by atoms with E-state index in [1.807, 2.05) is 18.2 Å². The molecule has 0 spiro atoms. The second kappa shape index (κ2) is 11.3. The lowest BCUT2D eigenvalue weighted by molar-refractivity contribution is 0.516. The first-order valence-electron chi connectivity index (χ1n) is 17.7. The van der Waals surface area contributed by atoms with Gasteiger partial charge in [0.25, 0.3) is 0 Å². The topological polar surface area (TPSA) is 46.6 Å². The summed E-state index contributed by atoms with van der Waals surface area (Å²) in [5, 5.41) is 13.4. The van der Waals surface area contributed by atoms with Gasteiger partial charge in [0, 0.05) is 43.7 Å². The summed E-state index contributed by atoms with van der Waals surface area (Å²) in [5.41, 5.74) is 7.79. The number of amidine groups is 2. The molecule has 3 heterocycles. The van der Waals surface area contributed by atoms with Crippen LogP contribution in [0.15, 0.2) is 186 Å². The number of fused-ring (bicyclic) bond motifs is 10. The van der Waals surface area contributed by atoms with E-state index >= 15 is 0 Å². The van der Waals surface area contributed by atoms with Gasteiger partial charge < -0.3 is 14.5 Å². The van der Waals surface area contributed by atoms with Gasteiger partial charge in [-0.15, -0.1) is 0 Å².